The van der Waals surface area contributed by atoms with Gasteiger partial charge in [0.2, 0.25) is 0 Å². The Hall–Kier alpha value is -0.970. The quantitative estimate of drug-likeness (QED) is 0.705. The Balaban J connectivity index is 2.68. The van der Waals surface area contributed by atoms with Crippen LogP contribution in [0.5, 0.6) is 0 Å². The van der Waals surface area contributed by atoms with E-state index in [1.807, 2.05) is 13.8 Å². The Bertz CT molecular complexity index is 453. The predicted octanol–water partition coefficient (Wildman–Crippen LogP) is 3.10. The zero-order valence-electron chi connectivity index (χ0n) is 11.6. The molecule has 0 fully saturated rings. The first-order valence-corrected chi connectivity index (χ1v) is 7.37. The summed E-state index contributed by atoms with van der Waals surface area (Å²) in [6.45, 7) is 4.23. The largest absolute Gasteiger partial charge is 0.397 e. The number of hydrogen-bond acceptors (Lipinski definition) is 3. The highest BCUT2D eigenvalue weighted by Gasteiger charge is 2.17. The third-order valence-electron chi connectivity index (χ3n) is 3.38. The van der Waals surface area contributed by atoms with Crippen molar-refractivity contribution in [1.82, 2.24) is 5.32 Å². The van der Waals surface area contributed by atoms with Gasteiger partial charge in [-0.05, 0) is 18.1 Å². The second-order valence-corrected chi connectivity index (χ2v) is 5.50. The molecule has 0 heterocycles. The van der Waals surface area contributed by atoms with E-state index in [-0.39, 0.29) is 34.1 Å². The first kappa shape index (κ1) is 17.1. The van der Waals surface area contributed by atoms with Crippen molar-refractivity contribution < 1.29 is 9.90 Å². The van der Waals surface area contributed by atoms with Crippen LogP contribution in [-0.4, -0.2) is 23.7 Å². The number of nitrogens with one attached hydrogen (secondary N) is 1. The molecule has 0 aliphatic rings. The van der Waals surface area contributed by atoms with Gasteiger partial charge in [0.1, 0.15) is 0 Å². The molecule has 112 valence electrons. The summed E-state index contributed by atoms with van der Waals surface area (Å²) in [6, 6.07) is 2.92. The van der Waals surface area contributed by atoms with Crippen LogP contribution in [0, 0.1) is 5.92 Å². The van der Waals surface area contributed by atoms with Crippen LogP contribution >= 0.6 is 23.2 Å². The van der Waals surface area contributed by atoms with Crippen molar-refractivity contribution in [2.24, 2.45) is 5.92 Å². The fourth-order valence-corrected chi connectivity index (χ4v) is 2.38. The number of carbonyl (C=O) groups is 1. The van der Waals surface area contributed by atoms with Crippen LogP contribution in [0.15, 0.2) is 12.1 Å². The maximum absolute atomic E-state index is 12.0. The number of rotatable bonds is 6. The summed E-state index contributed by atoms with van der Waals surface area (Å²) in [5.41, 5.74) is 6.24. The molecule has 4 N–H and O–H groups in total. The number of halogens is 2. The number of hydrogen-bond donors (Lipinski definition) is 3. The number of benzene rings is 1. The van der Waals surface area contributed by atoms with Crippen molar-refractivity contribution in [3.05, 3.63) is 27.7 Å². The standard InChI is InChI=1S/C14H20Cl2N2O2/c1-3-8(4-2)12(19)7-18-14(20)9-5-10(15)13(16)11(17)6-9/h5-6,8,12,19H,3-4,7,17H2,1-2H3,(H,18,20). The van der Waals surface area contributed by atoms with Crippen LogP contribution < -0.4 is 11.1 Å². The van der Waals surface area contributed by atoms with Crippen LogP contribution in [0.3, 0.4) is 0 Å². The summed E-state index contributed by atoms with van der Waals surface area (Å²) in [5, 5.41) is 13.1. The average Bonchev–Trinajstić information content (AvgIpc) is 2.42. The summed E-state index contributed by atoms with van der Waals surface area (Å²) in [5.74, 6) is -0.158. The minimum atomic E-state index is -0.561. The fourth-order valence-electron chi connectivity index (χ4n) is 2.04. The van der Waals surface area contributed by atoms with Gasteiger partial charge in [-0.3, -0.25) is 4.79 Å². The maximum Gasteiger partial charge on any atom is 0.251 e. The summed E-state index contributed by atoms with van der Waals surface area (Å²) >= 11 is 11.7. The van der Waals surface area contributed by atoms with E-state index in [1.54, 1.807) is 0 Å². The summed E-state index contributed by atoms with van der Waals surface area (Å²) in [7, 11) is 0. The minimum Gasteiger partial charge on any atom is -0.397 e. The van der Waals surface area contributed by atoms with Gasteiger partial charge in [-0.1, -0.05) is 49.9 Å². The van der Waals surface area contributed by atoms with Crippen molar-refractivity contribution in [3.63, 3.8) is 0 Å². The zero-order chi connectivity index (χ0) is 15.3. The number of amides is 1. The molecule has 0 aliphatic carbocycles. The maximum atomic E-state index is 12.0. The second kappa shape index (κ2) is 7.72. The number of carbonyl (C=O) groups excluding carboxylic acids is 1. The highest BCUT2D eigenvalue weighted by Crippen LogP contribution is 2.29. The van der Waals surface area contributed by atoms with E-state index in [9.17, 15) is 9.90 Å². The van der Waals surface area contributed by atoms with Gasteiger partial charge in [-0.25, -0.2) is 0 Å². The molecule has 20 heavy (non-hydrogen) atoms. The Labute approximate surface area is 129 Å². The first-order chi connectivity index (χ1) is 9.40. The highest BCUT2D eigenvalue weighted by atomic mass is 35.5. The Morgan fingerprint density at radius 3 is 2.45 bits per heavy atom. The molecule has 0 saturated heterocycles. The molecule has 1 atom stereocenters. The van der Waals surface area contributed by atoms with E-state index in [4.69, 9.17) is 28.9 Å². The van der Waals surface area contributed by atoms with Crippen LogP contribution in [-0.2, 0) is 0 Å². The third kappa shape index (κ3) is 4.27. The van der Waals surface area contributed by atoms with Gasteiger partial charge in [0, 0.05) is 12.1 Å². The van der Waals surface area contributed by atoms with Crippen molar-refractivity contribution >= 4 is 34.8 Å². The highest BCUT2D eigenvalue weighted by molar-refractivity contribution is 6.43. The van der Waals surface area contributed by atoms with Crippen LogP contribution in [0.25, 0.3) is 0 Å². The van der Waals surface area contributed by atoms with Gasteiger partial charge in [-0.15, -0.1) is 0 Å². The Morgan fingerprint density at radius 2 is 1.95 bits per heavy atom. The Morgan fingerprint density at radius 1 is 1.35 bits per heavy atom. The molecule has 4 nitrogen and oxygen atoms in total. The lowest BCUT2D eigenvalue weighted by atomic mass is 9.96. The van der Waals surface area contributed by atoms with E-state index in [0.717, 1.165) is 12.8 Å². The van der Waals surface area contributed by atoms with E-state index in [1.165, 1.54) is 12.1 Å². The summed E-state index contributed by atoms with van der Waals surface area (Å²) in [6.07, 6.45) is 1.18. The van der Waals surface area contributed by atoms with Crippen molar-refractivity contribution in [3.8, 4) is 0 Å². The molecule has 1 rings (SSSR count). The monoisotopic (exact) mass is 318 g/mol. The molecule has 6 heteroatoms. The Kier molecular flexibility index (Phi) is 6.59. The van der Waals surface area contributed by atoms with Gasteiger partial charge < -0.3 is 16.2 Å². The van der Waals surface area contributed by atoms with E-state index < -0.39 is 6.10 Å². The number of nitrogens with two attached hydrogens (primary N) is 1. The lowest BCUT2D eigenvalue weighted by Gasteiger charge is -2.20. The van der Waals surface area contributed by atoms with E-state index >= 15 is 0 Å². The lowest BCUT2D eigenvalue weighted by Crippen LogP contribution is -2.36. The molecular formula is C14H20Cl2N2O2. The molecular weight excluding hydrogens is 299 g/mol. The first-order valence-electron chi connectivity index (χ1n) is 6.61. The van der Waals surface area contributed by atoms with Gasteiger partial charge >= 0.3 is 0 Å². The normalized spacial score (nSPS) is 12.5. The molecule has 0 aliphatic heterocycles. The van der Waals surface area contributed by atoms with Gasteiger partial charge in [0.15, 0.2) is 0 Å². The van der Waals surface area contributed by atoms with E-state index in [0.29, 0.717) is 5.56 Å². The molecule has 0 radical (unpaired) electrons. The topological polar surface area (TPSA) is 75.3 Å². The molecule has 0 bridgehead atoms. The van der Waals surface area contributed by atoms with Crippen LogP contribution in [0.4, 0.5) is 5.69 Å². The molecule has 1 unspecified atom stereocenters. The van der Waals surface area contributed by atoms with Gasteiger partial charge in [0.25, 0.3) is 5.91 Å². The summed E-state index contributed by atoms with van der Waals surface area (Å²) < 4.78 is 0. The van der Waals surface area contributed by atoms with Crippen LogP contribution in [0.2, 0.25) is 10.0 Å². The summed E-state index contributed by atoms with van der Waals surface area (Å²) in [4.78, 5) is 12.0. The number of nitrogen functional groups attached to an aromatic ring is 1. The number of aliphatic hydroxyl groups is 1. The molecule has 0 saturated carbocycles. The second-order valence-electron chi connectivity index (χ2n) is 4.72. The van der Waals surface area contributed by atoms with Crippen molar-refractivity contribution in [2.75, 3.05) is 12.3 Å². The lowest BCUT2D eigenvalue weighted by molar-refractivity contribution is 0.0816. The minimum absolute atomic E-state index is 0.175. The van der Waals surface area contributed by atoms with Crippen LogP contribution in [0.1, 0.15) is 37.0 Å². The van der Waals surface area contributed by atoms with E-state index in [2.05, 4.69) is 5.32 Å². The molecule has 1 aromatic rings. The smallest absolute Gasteiger partial charge is 0.251 e. The number of aliphatic hydroxyl groups excluding tert-OH is 1. The SMILES string of the molecule is CCC(CC)C(O)CNC(=O)c1cc(N)c(Cl)c(Cl)c1. The molecule has 0 aromatic heterocycles. The number of anilines is 1. The third-order valence-corrected chi connectivity index (χ3v) is 4.20. The van der Waals surface area contributed by atoms with Gasteiger partial charge in [0.05, 0.1) is 21.8 Å². The molecule has 1 aromatic carbocycles. The zero-order valence-corrected chi connectivity index (χ0v) is 13.1. The molecule has 1 amide bonds. The fraction of sp³-hybridized carbons (Fsp3) is 0.500. The van der Waals surface area contributed by atoms with Crippen molar-refractivity contribution in [1.29, 1.82) is 0 Å². The van der Waals surface area contributed by atoms with Crippen molar-refractivity contribution in [2.45, 2.75) is 32.8 Å². The van der Waals surface area contributed by atoms with Gasteiger partial charge in [-0.2, -0.15) is 0 Å². The average molecular weight is 319 g/mol. The molecule has 0 spiro atoms. The predicted molar refractivity (Wildman–Crippen MR) is 83.3 cm³/mol.